The van der Waals surface area contributed by atoms with Gasteiger partial charge in [-0.3, -0.25) is 20.3 Å². The van der Waals surface area contributed by atoms with Crippen molar-refractivity contribution < 1.29 is 19.2 Å². The molecule has 1 aliphatic rings. The van der Waals surface area contributed by atoms with Crippen LogP contribution >= 0.6 is 11.8 Å². The number of phenols is 1. The predicted octanol–water partition coefficient (Wildman–Crippen LogP) is 2.70. The van der Waals surface area contributed by atoms with Crippen LogP contribution in [-0.4, -0.2) is 21.1 Å². The molecule has 3 N–H and O–H groups in total. The first kappa shape index (κ1) is 14.9. The van der Waals surface area contributed by atoms with E-state index in [1.165, 1.54) is 30.3 Å². The highest BCUT2D eigenvalue weighted by molar-refractivity contribution is 8.18. The van der Waals surface area contributed by atoms with E-state index in [0.29, 0.717) is 10.7 Å². The van der Waals surface area contributed by atoms with E-state index in [2.05, 4.69) is 5.32 Å². The maximum absolute atomic E-state index is 11.5. The van der Waals surface area contributed by atoms with Gasteiger partial charge in [-0.25, -0.2) is 0 Å². The van der Waals surface area contributed by atoms with Crippen LogP contribution < -0.4 is 5.32 Å². The van der Waals surface area contributed by atoms with E-state index in [0.717, 1.165) is 11.8 Å². The molecular formula is C14H9N3O5S. The molecule has 1 amide bonds. The van der Waals surface area contributed by atoms with Gasteiger partial charge in [-0.05, 0) is 30.0 Å². The number of nitrogens with one attached hydrogen (secondary N) is 2. The van der Waals surface area contributed by atoms with Gasteiger partial charge in [0.15, 0.2) is 5.17 Å². The van der Waals surface area contributed by atoms with E-state index < -0.39 is 10.8 Å². The summed E-state index contributed by atoms with van der Waals surface area (Å²) < 4.78 is 5.51. The largest absolute Gasteiger partial charge is 0.507 e. The first-order valence-corrected chi connectivity index (χ1v) is 7.13. The number of nitro groups is 1. The maximum Gasteiger partial charge on any atom is 0.270 e. The molecule has 2 aromatic rings. The summed E-state index contributed by atoms with van der Waals surface area (Å²) in [6, 6.07) is 6.72. The molecular weight excluding hydrogens is 322 g/mol. The number of hydrogen-bond donors (Lipinski definition) is 3. The lowest BCUT2D eigenvalue weighted by molar-refractivity contribution is -0.384. The molecule has 0 aliphatic carbocycles. The summed E-state index contributed by atoms with van der Waals surface area (Å²) in [4.78, 5) is 22.1. The minimum Gasteiger partial charge on any atom is -0.507 e. The van der Waals surface area contributed by atoms with Gasteiger partial charge in [-0.1, -0.05) is 0 Å². The molecule has 116 valence electrons. The number of phenolic OH excluding ortho intramolecular Hbond substituents is 1. The van der Waals surface area contributed by atoms with Gasteiger partial charge in [0.05, 0.1) is 15.4 Å². The zero-order chi connectivity index (χ0) is 16.6. The number of rotatable bonds is 3. The summed E-state index contributed by atoms with van der Waals surface area (Å²) in [5.41, 5.74) is 0.00778. The highest BCUT2D eigenvalue weighted by Crippen LogP contribution is 2.34. The zero-order valence-corrected chi connectivity index (χ0v) is 12.2. The van der Waals surface area contributed by atoms with Crippen molar-refractivity contribution >= 4 is 34.6 Å². The van der Waals surface area contributed by atoms with E-state index in [4.69, 9.17) is 9.83 Å². The van der Waals surface area contributed by atoms with Crippen molar-refractivity contribution in [2.75, 3.05) is 0 Å². The number of amidine groups is 1. The molecule has 9 heteroatoms. The number of aromatic hydroxyl groups is 1. The quantitative estimate of drug-likeness (QED) is 0.450. The Morgan fingerprint density at radius 1 is 1.35 bits per heavy atom. The number of nitrogens with zero attached hydrogens (tertiary/aromatic N) is 1. The van der Waals surface area contributed by atoms with Crippen molar-refractivity contribution in [3.8, 4) is 17.1 Å². The van der Waals surface area contributed by atoms with Crippen LogP contribution in [0, 0.1) is 15.5 Å². The van der Waals surface area contributed by atoms with Crippen LogP contribution in [0.5, 0.6) is 5.75 Å². The lowest BCUT2D eigenvalue weighted by Gasteiger charge is -2.01. The number of nitro benzene ring substituents is 1. The lowest BCUT2D eigenvalue weighted by Crippen LogP contribution is -2.18. The van der Waals surface area contributed by atoms with Crippen molar-refractivity contribution in [3.63, 3.8) is 0 Å². The SMILES string of the molecule is N=C1NC(=O)/C(=C/c2ccc(-c3cc([N+](=O)[O-])ccc3O)o2)S1. The van der Waals surface area contributed by atoms with E-state index in [-0.39, 0.29) is 27.9 Å². The Balaban J connectivity index is 1.95. The zero-order valence-electron chi connectivity index (χ0n) is 11.4. The minimum absolute atomic E-state index is 0.0318. The monoisotopic (exact) mass is 331 g/mol. The molecule has 3 rings (SSSR count). The molecule has 2 heterocycles. The van der Waals surface area contributed by atoms with Crippen molar-refractivity contribution in [1.82, 2.24) is 5.32 Å². The van der Waals surface area contributed by atoms with Crippen LogP contribution in [0.3, 0.4) is 0 Å². The molecule has 0 unspecified atom stereocenters. The third kappa shape index (κ3) is 2.94. The number of benzene rings is 1. The van der Waals surface area contributed by atoms with Gasteiger partial charge in [0, 0.05) is 18.2 Å². The number of thioether (sulfide) groups is 1. The molecule has 0 bridgehead atoms. The van der Waals surface area contributed by atoms with Crippen molar-refractivity contribution in [2.45, 2.75) is 0 Å². The van der Waals surface area contributed by atoms with Crippen LogP contribution in [0.4, 0.5) is 5.69 Å². The summed E-state index contributed by atoms with van der Waals surface area (Å²) in [5, 5.41) is 30.4. The van der Waals surface area contributed by atoms with Gasteiger partial charge in [-0.15, -0.1) is 0 Å². The average molecular weight is 331 g/mol. The second-order valence-corrected chi connectivity index (χ2v) is 5.61. The number of hydrogen-bond acceptors (Lipinski definition) is 7. The number of carbonyl (C=O) groups excluding carboxylic acids is 1. The molecule has 1 aliphatic heterocycles. The Labute approximate surface area is 133 Å². The van der Waals surface area contributed by atoms with Crippen molar-refractivity contribution in [1.29, 1.82) is 5.41 Å². The average Bonchev–Trinajstić information content (AvgIpc) is 3.06. The fourth-order valence-corrected chi connectivity index (χ4v) is 2.66. The van der Waals surface area contributed by atoms with Crippen LogP contribution in [-0.2, 0) is 4.79 Å². The Morgan fingerprint density at radius 3 is 2.78 bits per heavy atom. The highest BCUT2D eigenvalue weighted by atomic mass is 32.2. The normalized spacial score (nSPS) is 15.9. The smallest absolute Gasteiger partial charge is 0.270 e. The molecule has 1 saturated heterocycles. The maximum atomic E-state index is 11.5. The van der Waals surface area contributed by atoms with E-state index in [9.17, 15) is 20.0 Å². The second kappa shape index (κ2) is 5.61. The molecule has 1 aromatic heterocycles. The van der Waals surface area contributed by atoms with Gasteiger partial charge >= 0.3 is 0 Å². The first-order valence-electron chi connectivity index (χ1n) is 6.31. The van der Waals surface area contributed by atoms with Crippen LogP contribution in [0.15, 0.2) is 39.7 Å². The van der Waals surface area contributed by atoms with Gasteiger partial charge in [-0.2, -0.15) is 0 Å². The summed E-state index contributed by atoms with van der Waals surface area (Å²) in [6.07, 6.45) is 1.46. The third-order valence-corrected chi connectivity index (χ3v) is 3.85. The summed E-state index contributed by atoms with van der Waals surface area (Å²) in [5.74, 6) is 0.0184. The molecule has 0 radical (unpaired) electrons. The molecule has 0 saturated carbocycles. The van der Waals surface area contributed by atoms with E-state index in [1.807, 2.05) is 0 Å². The van der Waals surface area contributed by atoms with Gasteiger partial charge in [0.25, 0.3) is 11.6 Å². The van der Waals surface area contributed by atoms with E-state index >= 15 is 0 Å². The van der Waals surface area contributed by atoms with Crippen LogP contribution in [0.1, 0.15) is 5.76 Å². The van der Waals surface area contributed by atoms with E-state index in [1.54, 1.807) is 6.07 Å². The number of furan rings is 1. The highest BCUT2D eigenvalue weighted by Gasteiger charge is 2.23. The van der Waals surface area contributed by atoms with Gasteiger partial charge in [0.1, 0.15) is 17.3 Å². The molecule has 0 spiro atoms. The first-order chi connectivity index (χ1) is 10.9. The summed E-state index contributed by atoms with van der Waals surface area (Å²) in [6.45, 7) is 0. The molecule has 23 heavy (non-hydrogen) atoms. The lowest BCUT2D eigenvalue weighted by atomic mass is 10.1. The van der Waals surface area contributed by atoms with Gasteiger partial charge < -0.3 is 14.8 Å². The van der Waals surface area contributed by atoms with Crippen LogP contribution in [0.25, 0.3) is 17.4 Å². The number of carbonyl (C=O) groups is 1. The molecule has 0 atom stereocenters. The van der Waals surface area contributed by atoms with Crippen molar-refractivity contribution in [2.24, 2.45) is 0 Å². The summed E-state index contributed by atoms with van der Waals surface area (Å²) >= 11 is 0.968. The van der Waals surface area contributed by atoms with Crippen LogP contribution in [0.2, 0.25) is 0 Å². The number of amides is 1. The second-order valence-electron chi connectivity index (χ2n) is 4.55. The number of non-ortho nitro benzene ring substituents is 1. The topological polar surface area (TPSA) is 129 Å². The minimum atomic E-state index is -0.570. The fourth-order valence-electron chi connectivity index (χ4n) is 1.98. The molecule has 1 fully saturated rings. The molecule has 8 nitrogen and oxygen atoms in total. The Kier molecular flexibility index (Phi) is 3.62. The Morgan fingerprint density at radius 2 is 2.13 bits per heavy atom. The third-order valence-electron chi connectivity index (χ3n) is 3.02. The van der Waals surface area contributed by atoms with Crippen molar-refractivity contribution in [3.05, 3.63) is 51.1 Å². The molecule has 1 aromatic carbocycles. The summed E-state index contributed by atoms with van der Waals surface area (Å²) in [7, 11) is 0. The Hall–Kier alpha value is -3.07. The predicted molar refractivity (Wildman–Crippen MR) is 83.9 cm³/mol. The standard InChI is InChI=1S/C14H9N3O5S/c15-14-16-13(19)12(23-14)6-8-2-4-11(22-8)9-5-7(17(20)21)1-3-10(9)18/h1-6,18H,(H2,15,16,19)/b12-6-. The Bertz CT molecular complexity index is 871. The fraction of sp³-hybridized carbons (Fsp3) is 0. The van der Waals surface area contributed by atoms with Gasteiger partial charge in [0.2, 0.25) is 0 Å².